The lowest BCUT2D eigenvalue weighted by Crippen LogP contribution is -2.06. The molecular formula is C9H8O5. The Morgan fingerprint density at radius 3 is 2.29 bits per heavy atom. The third kappa shape index (κ3) is 2.78. The first-order valence-corrected chi connectivity index (χ1v) is 3.72. The molecule has 5 heteroatoms. The summed E-state index contributed by atoms with van der Waals surface area (Å²) in [6.07, 6.45) is -0.797. The Balaban J connectivity index is 2.63. The minimum atomic E-state index is -0.797. The van der Waals surface area contributed by atoms with Crippen LogP contribution < -0.4 is 9.47 Å². The Hall–Kier alpha value is -2.04. The minimum absolute atomic E-state index is 0.315. The van der Waals surface area contributed by atoms with Crippen LogP contribution in [0.4, 0.5) is 4.79 Å². The van der Waals surface area contributed by atoms with Crippen LogP contribution in [0.2, 0.25) is 0 Å². The van der Waals surface area contributed by atoms with Gasteiger partial charge in [0, 0.05) is 0 Å². The molecule has 0 unspecified atom stereocenters. The van der Waals surface area contributed by atoms with Gasteiger partial charge in [-0.05, 0) is 24.3 Å². The Labute approximate surface area is 80.2 Å². The zero-order valence-electron chi connectivity index (χ0n) is 7.43. The van der Waals surface area contributed by atoms with Crippen LogP contribution in [0, 0.1) is 0 Å². The highest BCUT2D eigenvalue weighted by Gasteiger charge is 2.02. The maximum atomic E-state index is 10.7. The van der Waals surface area contributed by atoms with E-state index in [9.17, 15) is 9.59 Å². The molecule has 0 amide bonds. The average molecular weight is 196 g/mol. The number of ether oxygens (including phenoxy) is 3. The molecule has 74 valence electrons. The summed E-state index contributed by atoms with van der Waals surface area (Å²) in [5.74, 6) is 0.687. The molecule has 0 radical (unpaired) electrons. The van der Waals surface area contributed by atoms with Crippen molar-refractivity contribution in [3.63, 3.8) is 0 Å². The third-order valence-corrected chi connectivity index (χ3v) is 1.38. The van der Waals surface area contributed by atoms with Gasteiger partial charge in [-0.15, -0.1) is 0 Å². The molecule has 1 aromatic carbocycles. The number of hydrogen-bond acceptors (Lipinski definition) is 5. The van der Waals surface area contributed by atoms with E-state index in [4.69, 9.17) is 4.74 Å². The van der Waals surface area contributed by atoms with Gasteiger partial charge in [0.2, 0.25) is 0 Å². The highest BCUT2D eigenvalue weighted by molar-refractivity contribution is 5.63. The van der Waals surface area contributed by atoms with Crippen LogP contribution in [-0.2, 0) is 9.53 Å². The summed E-state index contributed by atoms with van der Waals surface area (Å²) in [7, 11) is 1.21. The van der Waals surface area contributed by atoms with Crippen molar-refractivity contribution in [2.75, 3.05) is 7.11 Å². The fraction of sp³-hybridized carbons (Fsp3) is 0.111. The zero-order chi connectivity index (χ0) is 10.4. The average Bonchev–Trinajstić information content (AvgIpc) is 2.21. The molecule has 0 fully saturated rings. The van der Waals surface area contributed by atoms with Crippen molar-refractivity contribution in [3.05, 3.63) is 24.3 Å². The highest BCUT2D eigenvalue weighted by Crippen LogP contribution is 2.17. The van der Waals surface area contributed by atoms with Gasteiger partial charge in [-0.2, -0.15) is 0 Å². The molecule has 0 bridgehead atoms. The monoisotopic (exact) mass is 196 g/mol. The second-order valence-corrected chi connectivity index (χ2v) is 2.24. The van der Waals surface area contributed by atoms with Crippen molar-refractivity contribution < 1.29 is 23.8 Å². The van der Waals surface area contributed by atoms with Crippen LogP contribution in [-0.4, -0.2) is 19.7 Å². The van der Waals surface area contributed by atoms with Gasteiger partial charge in [-0.1, -0.05) is 0 Å². The van der Waals surface area contributed by atoms with Crippen molar-refractivity contribution in [1.29, 1.82) is 0 Å². The summed E-state index contributed by atoms with van der Waals surface area (Å²) in [4.78, 5) is 20.6. The lowest BCUT2D eigenvalue weighted by Gasteiger charge is -2.02. The van der Waals surface area contributed by atoms with Gasteiger partial charge in [0.05, 0.1) is 7.11 Å². The molecule has 0 saturated heterocycles. The fourth-order valence-corrected chi connectivity index (χ4v) is 0.780. The molecule has 0 heterocycles. The predicted molar refractivity (Wildman–Crippen MR) is 46.2 cm³/mol. The van der Waals surface area contributed by atoms with Crippen LogP contribution in [0.5, 0.6) is 11.5 Å². The van der Waals surface area contributed by atoms with E-state index < -0.39 is 6.16 Å². The molecule has 14 heavy (non-hydrogen) atoms. The van der Waals surface area contributed by atoms with Crippen LogP contribution in [0.25, 0.3) is 0 Å². The molecule has 1 rings (SSSR count). The molecule has 0 aliphatic rings. The van der Waals surface area contributed by atoms with E-state index in [-0.39, 0.29) is 0 Å². The second kappa shape index (κ2) is 4.86. The molecule has 0 aliphatic carbocycles. The summed E-state index contributed by atoms with van der Waals surface area (Å²) in [5.41, 5.74) is 0. The van der Waals surface area contributed by atoms with Crippen molar-refractivity contribution >= 4 is 12.6 Å². The summed E-state index contributed by atoms with van der Waals surface area (Å²) in [6.45, 7) is 0.316. The van der Waals surface area contributed by atoms with Crippen molar-refractivity contribution in [3.8, 4) is 11.5 Å². The molecule has 0 saturated carbocycles. The molecule has 0 spiro atoms. The van der Waals surface area contributed by atoms with E-state index in [1.807, 2.05) is 0 Å². The molecule has 5 nitrogen and oxygen atoms in total. The highest BCUT2D eigenvalue weighted by atomic mass is 16.7. The number of carbonyl (C=O) groups excluding carboxylic acids is 2. The smallest absolute Gasteiger partial charge is 0.437 e. The summed E-state index contributed by atoms with van der Waals surface area (Å²) < 4.78 is 13.5. The first-order chi connectivity index (χ1) is 6.76. The maximum Gasteiger partial charge on any atom is 0.513 e. The summed E-state index contributed by atoms with van der Waals surface area (Å²) in [6, 6.07) is 5.95. The fourth-order valence-electron chi connectivity index (χ4n) is 0.780. The topological polar surface area (TPSA) is 61.8 Å². The third-order valence-electron chi connectivity index (χ3n) is 1.38. The van der Waals surface area contributed by atoms with Crippen molar-refractivity contribution in [1.82, 2.24) is 0 Å². The standard InChI is InChI=1S/C9H8O5/c1-12-9(11)14-8-4-2-7(3-5-8)13-6-10/h2-6H,1H3. The second-order valence-electron chi connectivity index (χ2n) is 2.24. The summed E-state index contributed by atoms with van der Waals surface area (Å²) in [5, 5.41) is 0. The minimum Gasteiger partial charge on any atom is -0.437 e. The summed E-state index contributed by atoms with van der Waals surface area (Å²) >= 11 is 0. The quantitative estimate of drug-likeness (QED) is 0.415. The largest absolute Gasteiger partial charge is 0.513 e. The predicted octanol–water partition coefficient (Wildman–Crippen LogP) is 1.37. The number of rotatable bonds is 3. The van der Waals surface area contributed by atoms with E-state index in [0.29, 0.717) is 18.0 Å². The zero-order valence-corrected chi connectivity index (χ0v) is 7.43. The number of carbonyl (C=O) groups is 2. The van der Waals surface area contributed by atoms with Crippen LogP contribution >= 0.6 is 0 Å². The molecular weight excluding hydrogens is 188 g/mol. The molecule has 0 aromatic heterocycles. The SMILES string of the molecule is COC(=O)Oc1ccc(OC=O)cc1. The number of methoxy groups -OCH3 is 1. The van der Waals surface area contributed by atoms with Gasteiger partial charge in [0.25, 0.3) is 6.47 Å². The van der Waals surface area contributed by atoms with E-state index in [2.05, 4.69) is 9.47 Å². The number of hydrogen-bond donors (Lipinski definition) is 0. The van der Waals surface area contributed by atoms with Gasteiger partial charge in [-0.3, -0.25) is 4.79 Å². The normalized spacial score (nSPS) is 8.93. The van der Waals surface area contributed by atoms with Crippen molar-refractivity contribution in [2.45, 2.75) is 0 Å². The van der Waals surface area contributed by atoms with Crippen LogP contribution in [0.3, 0.4) is 0 Å². The number of benzene rings is 1. The first kappa shape index (κ1) is 10.0. The van der Waals surface area contributed by atoms with Gasteiger partial charge >= 0.3 is 6.16 Å². The van der Waals surface area contributed by atoms with E-state index in [1.54, 1.807) is 0 Å². The van der Waals surface area contributed by atoms with E-state index in [0.717, 1.165) is 0 Å². The Morgan fingerprint density at radius 2 is 1.79 bits per heavy atom. The molecule has 0 atom stereocenters. The maximum absolute atomic E-state index is 10.7. The molecule has 0 aliphatic heterocycles. The Bertz CT molecular complexity index is 316. The lowest BCUT2D eigenvalue weighted by atomic mass is 10.3. The van der Waals surface area contributed by atoms with Gasteiger partial charge in [-0.25, -0.2) is 4.79 Å². The Morgan fingerprint density at radius 1 is 1.21 bits per heavy atom. The van der Waals surface area contributed by atoms with Crippen molar-refractivity contribution in [2.24, 2.45) is 0 Å². The lowest BCUT2D eigenvalue weighted by molar-refractivity contribution is -0.120. The molecule has 1 aromatic rings. The Kier molecular flexibility index (Phi) is 3.49. The first-order valence-electron chi connectivity index (χ1n) is 3.72. The van der Waals surface area contributed by atoms with E-state index >= 15 is 0 Å². The van der Waals surface area contributed by atoms with Gasteiger partial charge in [0.1, 0.15) is 11.5 Å². The van der Waals surface area contributed by atoms with Gasteiger partial charge < -0.3 is 14.2 Å². The van der Waals surface area contributed by atoms with Crippen LogP contribution in [0.15, 0.2) is 24.3 Å². The molecule has 0 N–H and O–H groups in total. The van der Waals surface area contributed by atoms with Gasteiger partial charge in [0.15, 0.2) is 0 Å². The van der Waals surface area contributed by atoms with Crippen LogP contribution in [0.1, 0.15) is 0 Å². The van der Waals surface area contributed by atoms with E-state index in [1.165, 1.54) is 31.4 Å².